The molecule has 0 radical (unpaired) electrons. The molecule has 0 aliphatic carbocycles. The van der Waals surface area contributed by atoms with E-state index < -0.39 is 0 Å². The second-order valence-electron chi connectivity index (χ2n) is 6.56. The van der Waals surface area contributed by atoms with Crippen LogP contribution in [0.5, 0.6) is 5.75 Å². The summed E-state index contributed by atoms with van der Waals surface area (Å²) in [5.74, 6) is 0.00127. The van der Waals surface area contributed by atoms with Crippen LogP contribution < -0.4 is 10.1 Å². The Bertz CT molecular complexity index is 1030. The third kappa shape index (κ3) is 4.02. The van der Waals surface area contributed by atoms with Crippen LogP contribution in [-0.2, 0) is 11.2 Å². The van der Waals surface area contributed by atoms with Crippen LogP contribution in [0.3, 0.4) is 0 Å². The Kier molecular flexibility index (Phi) is 5.70. The van der Waals surface area contributed by atoms with Crippen LogP contribution in [0, 0.1) is 26.6 Å². The molecule has 1 amide bonds. The maximum absolute atomic E-state index is 13.2. The number of carbonyl (C=O) groups excluding carboxylic acids is 1. The molecule has 1 heterocycles. The molecule has 0 bridgehead atoms. The number of nitrogens with one attached hydrogen (secondary N) is 1. The number of nitrogens with zero attached hydrogens (tertiary/aromatic N) is 2. The van der Waals surface area contributed by atoms with Gasteiger partial charge in [-0.05, 0) is 56.7 Å². The summed E-state index contributed by atoms with van der Waals surface area (Å²) in [6.07, 6.45) is 0.156. The van der Waals surface area contributed by atoms with E-state index in [1.165, 1.54) is 19.2 Å². The number of hydrogen-bond acceptors (Lipinski definition) is 3. The molecule has 2 aromatic carbocycles. The van der Waals surface area contributed by atoms with E-state index in [0.717, 1.165) is 28.2 Å². The van der Waals surface area contributed by atoms with Crippen molar-refractivity contribution in [1.29, 1.82) is 0 Å². The number of carbonyl (C=O) groups is 1. The van der Waals surface area contributed by atoms with Gasteiger partial charge in [-0.1, -0.05) is 11.6 Å². The normalized spacial score (nSPS) is 10.8. The van der Waals surface area contributed by atoms with Gasteiger partial charge in [0.2, 0.25) is 5.91 Å². The molecule has 0 saturated carbocycles. The van der Waals surface area contributed by atoms with Crippen LogP contribution in [0.25, 0.3) is 5.69 Å². The Labute approximate surface area is 168 Å². The van der Waals surface area contributed by atoms with Gasteiger partial charge in [-0.3, -0.25) is 4.79 Å². The van der Waals surface area contributed by atoms with Crippen molar-refractivity contribution in [1.82, 2.24) is 9.78 Å². The number of hydrogen-bond donors (Lipinski definition) is 1. The Morgan fingerprint density at radius 2 is 1.89 bits per heavy atom. The number of halogens is 2. The first-order chi connectivity index (χ1) is 13.3. The van der Waals surface area contributed by atoms with Gasteiger partial charge in [0.15, 0.2) is 0 Å². The maximum Gasteiger partial charge on any atom is 0.229 e. The monoisotopic (exact) mass is 401 g/mol. The Balaban J connectivity index is 1.84. The lowest BCUT2D eigenvalue weighted by Crippen LogP contribution is -2.16. The lowest BCUT2D eigenvalue weighted by Gasteiger charge is -2.12. The van der Waals surface area contributed by atoms with Crippen molar-refractivity contribution in [2.45, 2.75) is 27.2 Å². The number of anilines is 1. The highest BCUT2D eigenvalue weighted by Crippen LogP contribution is 2.31. The SMILES string of the molecule is COc1cc(Cl)c(C)cc1NC(=O)Cc1c(C)nn(-c2ccc(F)cc2)c1C. The second kappa shape index (κ2) is 8.02. The predicted molar refractivity (Wildman–Crippen MR) is 108 cm³/mol. The Hall–Kier alpha value is -2.86. The maximum atomic E-state index is 13.2. The minimum Gasteiger partial charge on any atom is -0.495 e. The van der Waals surface area contributed by atoms with Crippen molar-refractivity contribution >= 4 is 23.2 Å². The van der Waals surface area contributed by atoms with Gasteiger partial charge >= 0.3 is 0 Å². The van der Waals surface area contributed by atoms with Crippen molar-refractivity contribution < 1.29 is 13.9 Å². The van der Waals surface area contributed by atoms with Crippen molar-refractivity contribution in [3.63, 3.8) is 0 Å². The zero-order chi connectivity index (χ0) is 20.4. The summed E-state index contributed by atoms with van der Waals surface area (Å²) < 4.78 is 20.2. The number of ether oxygens (including phenoxy) is 1. The van der Waals surface area contributed by atoms with E-state index in [1.54, 1.807) is 28.9 Å². The molecule has 3 aromatic rings. The van der Waals surface area contributed by atoms with Crippen LogP contribution in [0.2, 0.25) is 5.02 Å². The van der Waals surface area contributed by atoms with Gasteiger partial charge in [0.25, 0.3) is 0 Å². The van der Waals surface area contributed by atoms with E-state index in [0.29, 0.717) is 16.5 Å². The highest BCUT2D eigenvalue weighted by molar-refractivity contribution is 6.31. The summed E-state index contributed by atoms with van der Waals surface area (Å²) in [6.45, 7) is 5.60. The quantitative estimate of drug-likeness (QED) is 0.669. The molecular weight excluding hydrogens is 381 g/mol. The fourth-order valence-corrected chi connectivity index (χ4v) is 3.20. The van der Waals surface area contributed by atoms with Crippen LogP contribution >= 0.6 is 11.6 Å². The number of benzene rings is 2. The lowest BCUT2D eigenvalue weighted by atomic mass is 10.1. The summed E-state index contributed by atoms with van der Waals surface area (Å²) in [5, 5.41) is 7.95. The van der Waals surface area contributed by atoms with Crippen LogP contribution in [-0.4, -0.2) is 22.8 Å². The van der Waals surface area contributed by atoms with Crippen molar-refractivity contribution in [3.05, 3.63) is 69.8 Å². The summed E-state index contributed by atoms with van der Waals surface area (Å²) in [6, 6.07) is 9.52. The van der Waals surface area contributed by atoms with Gasteiger partial charge in [-0.25, -0.2) is 9.07 Å². The zero-order valence-corrected chi connectivity index (χ0v) is 16.9. The molecular formula is C21H21ClFN3O2. The molecule has 28 heavy (non-hydrogen) atoms. The van der Waals surface area contributed by atoms with E-state index in [-0.39, 0.29) is 18.1 Å². The highest BCUT2D eigenvalue weighted by atomic mass is 35.5. The van der Waals surface area contributed by atoms with Crippen LogP contribution in [0.4, 0.5) is 10.1 Å². The van der Waals surface area contributed by atoms with Crippen LogP contribution in [0.1, 0.15) is 22.5 Å². The van der Waals surface area contributed by atoms with Gasteiger partial charge in [-0.15, -0.1) is 0 Å². The fraction of sp³-hybridized carbons (Fsp3) is 0.238. The Morgan fingerprint density at radius 1 is 1.21 bits per heavy atom. The van der Waals surface area contributed by atoms with E-state index >= 15 is 0 Å². The average Bonchev–Trinajstić information content (AvgIpc) is 2.93. The predicted octanol–water partition coefficient (Wildman–Crippen LogP) is 4.78. The smallest absolute Gasteiger partial charge is 0.229 e. The number of rotatable bonds is 5. The average molecular weight is 402 g/mol. The number of aryl methyl sites for hydroxylation is 2. The molecule has 1 N–H and O–H groups in total. The second-order valence-corrected chi connectivity index (χ2v) is 6.97. The van der Waals surface area contributed by atoms with Gasteiger partial charge in [0.1, 0.15) is 11.6 Å². The highest BCUT2D eigenvalue weighted by Gasteiger charge is 2.17. The number of amides is 1. The Morgan fingerprint density at radius 3 is 2.54 bits per heavy atom. The summed E-state index contributed by atoms with van der Waals surface area (Å²) in [5.41, 5.74) is 4.55. The molecule has 0 fully saturated rings. The standard InChI is InChI=1S/C21H21ClFN3O2/c1-12-9-19(20(28-4)11-18(12)22)24-21(27)10-17-13(2)25-26(14(17)3)16-7-5-15(23)6-8-16/h5-9,11H,10H2,1-4H3,(H,24,27). The molecule has 7 heteroatoms. The first-order valence-electron chi connectivity index (χ1n) is 8.75. The van der Waals surface area contributed by atoms with Gasteiger partial charge in [0, 0.05) is 22.3 Å². The fourth-order valence-electron chi connectivity index (χ4n) is 3.05. The third-order valence-electron chi connectivity index (χ3n) is 4.60. The molecule has 1 aromatic heterocycles. The van der Waals surface area contributed by atoms with E-state index in [9.17, 15) is 9.18 Å². The molecule has 0 aliphatic heterocycles. The molecule has 0 atom stereocenters. The molecule has 3 rings (SSSR count). The summed E-state index contributed by atoms with van der Waals surface area (Å²) in [7, 11) is 1.53. The van der Waals surface area contributed by atoms with E-state index in [4.69, 9.17) is 16.3 Å². The topological polar surface area (TPSA) is 56.1 Å². The minimum absolute atomic E-state index is 0.156. The zero-order valence-electron chi connectivity index (χ0n) is 16.1. The molecule has 0 aliphatic rings. The third-order valence-corrected chi connectivity index (χ3v) is 5.01. The summed E-state index contributed by atoms with van der Waals surface area (Å²) >= 11 is 6.12. The molecule has 0 unspecified atom stereocenters. The molecule has 5 nitrogen and oxygen atoms in total. The number of aromatic nitrogens is 2. The summed E-state index contributed by atoms with van der Waals surface area (Å²) in [4.78, 5) is 12.7. The molecule has 0 saturated heterocycles. The van der Waals surface area contributed by atoms with Gasteiger partial charge < -0.3 is 10.1 Å². The van der Waals surface area contributed by atoms with E-state index in [1.807, 2.05) is 20.8 Å². The lowest BCUT2D eigenvalue weighted by molar-refractivity contribution is -0.115. The van der Waals surface area contributed by atoms with Crippen molar-refractivity contribution in [3.8, 4) is 11.4 Å². The van der Waals surface area contributed by atoms with Gasteiger partial charge in [0.05, 0.1) is 30.6 Å². The minimum atomic E-state index is -0.308. The van der Waals surface area contributed by atoms with Crippen molar-refractivity contribution in [2.24, 2.45) is 0 Å². The number of methoxy groups -OCH3 is 1. The first-order valence-corrected chi connectivity index (χ1v) is 9.13. The molecule has 146 valence electrons. The largest absolute Gasteiger partial charge is 0.495 e. The van der Waals surface area contributed by atoms with Crippen LogP contribution in [0.15, 0.2) is 36.4 Å². The molecule has 0 spiro atoms. The van der Waals surface area contributed by atoms with Crippen molar-refractivity contribution in [2.75, 3.05) is 12.4 Å². The first kappa shape index (κ1) is 19.9. The van der Waals surface area contributed by atoms with E-state index in [2.05, 4.69) is 10.4 Å². The van der Waals surface area contributed by atoms with Gasteiger partial charge in [-0.2, -0.15) is 5.10 Å².